The molecule has 1 fully saturated rings. The van der Waals surface area contributed by atoms with Crippen molar-refractivity contribution in [2.75, 3.05) is 11.9 Å². The molecule has 1 heterocycles. The number of benzene rings is 1. The number of phenols is 1. The molecule has 1 aliphatic rings. The van der Waals surface area contributed by atoms with Crippen LogP contribution in [0.4, 0.5) is 10.5 Å². The van der Waals surface area contributed by atoms with Crippen molar-refractivity contribution in [2.45, 2.75) is 32.7 Å². The molecule has 1 aromatic carbocycles. The fourth-order valence-electron chi connectivity index (χ4n) is 2.74. The highest BCUT2D eigenvalue weighted by atomic mass is 16.4. The van der Waals surface area contributed by atoms with Crippen molar-refractivity contribution >= 4 is 17.7 Å². The van der Waals surface area contributed by atoms with Gasteiger partial charge in [-0.1, -0.05) is 19.9 Å². The van der Waals surface area contributed by atoms with Crippen LogP contribution in [0.3, 0.4) is 0 Å². The summed E-state index contributed by atoms with van der Waals surface area (Å²) in [6, 6.07) is 4.14. The highest BCUT2D eigenvalue weighted by Crippen LogP contribution is 2.29. The van der Waals surface area contributed by atoms with Gasteiger partial charge in [-0.05, 0) is 30.9 Å². The number of amides is 2. The van der Waals surface area contributed by atoms with Crippen LogP contribution < -0.4 is 5.32 Å². The summed E-state index contributed by atoms with van der Waals surface area (Å²) in [7, 11) is 0. The van der Waals surface area contributed by atoms with Crippen LogP contribution in [0.15, 0.2) is 18.2 Å². The van der Waals surface area contributed by atoms with E-state index in [1.165, 1.54) is 18.2 Å². The number of rotatable bonds is 3. The lowest BCUT2D eigenvalue weighted by Crippen LogP contribution is -2.41. The maximum Gasteiger partial charge on any atom is 0.339 e. The quantitative estimate of drug-likeness (QED) is 0.747. The zero-order valence-corrected chi connectivity index (χ0v) is 12.2. The predicted molar refractivity (Wildman–Crippen MR) is 78.7 cm³/mol. The summed E-state index contributed by atoms with van der Waals surface area (Å²) in [6.45, 7) is 4.81. The van der Waals surface area contributed by atoms with E-state index in [-0.39, 0.29) is 23.3 Å². The van der Waals surface area contributed by atoms with Gasteiger partial charge in [-0.2, -0.15) is 0 Å². The molecule has 0 spiro atoms. The first kappa shape index (κ1) is 15.2. The third-order valence-electron chi connectivity index (χ3n) is 3.84. The third kappa shape index (κ3) is 3.09. The number of aromatic hydroxyl groups is 1. The summed E-state index contributed by atoms with van der Waals surface area (Å²) in [5.41, 5.74) is -0.107. The van der Waals surface area contributed by atoms with Crippen LogP contribution in [-0.4, -0.2) is 39.7 Å². The van der Waals surface area contributed by atoms with Crippen LogP contribution in [0.5, 0.6) is 5.75 Å². The van der Waals surface area contributed by atoms with Gasteiger partial charge in [0.1, 0.15) is 5.56 Å². The Hall–Kier alpha value is -2.24. The van der Waals surface area contributed by atoms with Crippen LogP contribution >= 0.6 is 0 Å². The van der Waals surface area contributed by atoms with Gasteiger partial charge in [0.2, 0.25) is 0 Å². The second kappa shape index (κ2) is 6.03. The van der Waals surface area contributed by atoms with Crippen LogP contribution in [0, 0.1) is 5.92 Å². The van der Waals surface area contributed by atoms with E-state index in [1.54, 1.807) is 4.90 Å². The van der Waals surface area contributed by atoms with Gasteiger partial charge >= 0.3 is 12.0 Å². The fourth-order valence-corrected chi connectivity index (χ4v) is 2.74. The maximum absolute atomic E-state index is 12.3. The number of nitrogens with one attached hydrogen (secondary N) is 1. The minimum Gasteiger partial charge on any atom is -0.505 e. The van der Waals surface area contributed by atoms with Gasteiger partial charge in [0.25, 0.3) is 0 Å². The first-order valence-corrected chi connectivity index (χ1v) is 7.04. The second-order valence-corrected chi connectivity index (χ2v) is 5.58. The summed E-state index contributed by atoms with van der Waals surface area (Å²) >= 11 is 0. The van der Waals surface area contributed by atoms with E-state index in [0.717, 1.165) is 12.8 Å². The highest BCUT2D eigenvalue weighted by molar-refractivity contribution is 5.97. The molecule has 1 unspecified atom stereocenters. The first-order valence-electron chi connectivity index (χ1n) is 7.04. The molecule has 0 radical (unpaired) electrons. The molecule has 6 heteroatoms. The van der Waals surface area contributed by atoms with Crippen molar-refractivity contribution in [2.24, 2.45) is 5.92 Å². The molecule has 3 N–H and O–H groups in total. The molecule has 1 aliphatic heterocycles. The van der Waals surface area contributed by atoms with E-state index < -0.39 is 11.7 Å². The first-order chi connectivity index (χ1) is 9.91. The number of anilines is 1. The van der Waals surface area contributed by atoms with Gasteiger partial charge in [-0.3, -0.25) is 0 Å². The number of urea groups is 1. The number of likely N-dealkylation sites (tertiary alicyclic amines) is 1. The van der Waals surface area contributed by atoms with Crippen molar-refractivity contribution in [3.8, 4) is 5.75 Å². The smallest absolute Gasteiger partial charge is 0.339 e. The summed E-state index contributed by atoms with van der Waals surface area (Å²) in [6.07, 6.45) is 1.92. The van der Waals surface area contributed by atoms with Crippen molar-refractivity contribution in [1.82, 2.24) is 4.90 Å². The number of aromatic carboxylic acids is 1. The number of carboxylic acid groups (broad SMARTS) is 1. The van der Waals surface area contributed by atoms with Crippen LogP contribution in [0.2, 0.25) is 0 Å². The highest BCUT2D eigenvalue weighted by Gasteiger charge is 2.31. The molecule has 21 heavy (non-hydrogen) atoms. The number of hydrogen-bond acceptors (Lipinski definition) is 3. The topological polar surface area (TPSA) is 89.9 Å². The normalized spacial score (nSPS) is 18.0. The summed E-state index contributed by atoms with van der Waals surface area (Å²) in [5, 5.41) is 21.5. The fraction of sp³-hybridized carbons (Fsp3) is 0.467. The Balaban J connectivity index is 2.17. The Labute approximate surface area is 123 Å². The van der Waals surface area contributed by atoms with E-state index in [1.807, 2.05) is 0 Å². The molecular weight excluding hydrogens is 272 g/mol. The van der Waals surface area contributed by atoms with Crippen molar-refractivity contribution in [1.29, 1.82) is 0 Å². The van der Waals surface area contributed by atoms with Gasteiger partial charge < -0.3 is 20.4 Å². The number of hydrogen-bond donors (Lipinski definition) is 3. The summed E-state index contributed by atoms with van der Waals surface area (Å²) < 4.78 is 0. The largest absolute Gasteiger partial charge is 0.505 e. The minimum absolute atomic E-state index is 0.120. The Morgan fingerprint density at radius 3 is 2.71 bits per heavy atom. The van der Waals surface area contributed by atoms with Gasteiger partial charge in [0, 0.05) is 12.6 Å². The summed E-state index contributed by atoms with van der Waals surface area (Å²) in [4.78, 5) is 25.0. The molecule has 1 saturated heterocycles. The lowest BCUT2D eigenvalue weighted by Gasteiger charge is -2.28. The van der Waals surface area contributed by atoms with Crippen LogP contribution in [-0.2, 0) is 0 Å². The molecule has 6 nitrogen and oxygen atoms in total. The van der Waals surface area contributed by atoms with E-state index >= 15 is 0 Å². The Morgan fingerprint density at radius 2 is 2.10 bits per heavy atom. The van der Waals surface area contributed by atoms with E-state index in [0.29, 0.717) is 12.5 Å². The van der Waals surface area contributed by atoms with Crippen molar-refractivity contribution in [3.63, 3.8) is 0 Å². The Morgan fingerprint density at radius 1 is 1.38 bits per heavy atom. The molecule has 2 amide bonds. The number of carboxylic acids is 1. The standard InChI is InChI=1S/C15H20N2O4/c1-9(2)12-7-4-8-17(12)15(21)16-11-6-3-5-10(13(11)18)14(19)20/h3,5-6,9,12,18H,4,7-8H2,1-2H3,(H,16,21)(H,19,20). The van der Waals surface area contributed by atoms with Gasteiger partial charge in [-0.15, -0.1) is 0 Å². The van der Waals surface area contributed by atoms with E-state index in [9.17, 15) is 14.7 Å². The zero-order chi connectivity index (χ0) is 15.6. The number of nitrogens with zero attached hydrogens (tertiary/aromatic N) is 1. The molecule has 0 bridgehead atoms. The van der Waals surface area contributed by atoms with Gasteiger partial charge in [-0.25, -0.2) is 9.59 Å². The van der Waals surface area contributed by atoms with Crippen molar-refractivity contribution < 1.29 is 19.8 Å². The average molecular weight is 292 g/mol. The molecule has 114 valence electrons. The third-order valence-corrected chi connectivity index (χ3v) is 3.84. The molecule has 1 aromatic rings. The predicted octanol–water partition coefficient (Wildman–Crippen LogP) is 2.74. The molecule has 0 aromatic heterocycles. The molecule has 0 saturated carbocycles. The SMILES string of the molecule is CC(C)C1CCCN1C(=O)Nc1cccc(C(=O)O)c1O. The number of carbonyl (C=O) groups is 2. The number of para-hydroxylation sites is 1. The second-order valence-electron chi connectivity index (χ2n) is 5.58. The monoisotopic (exact) mass is 292 g/mol. The average Bonchev–Trinajstić information content (AvgIpc) is 2.90. The lowest BCUT2D eigenvalue weighted by atomic mass is 10.0. The molecular formula is C15H20N2O4. The molecule has 2 rings (SSSR count). The van der Waals surface area contributed by atoms with Gasteiger partial charge in [0.15, 0.2) is 5.75 Å². The van der Waals surface area contributed by atoms with Crippen LogP contribution in [0.25, 0.3) is 0 Å². The van der Waals surface area contributed by atoms with Crippen LogP contribution in [0.1, 0.15) is 37.0 Å². The number of carbonyl (C=O) groups excluding carboxylic acids is 1. The van der Waals surface area contributed by atoms with Gasteiger partial charge in [0.05, 0.1) is 5.69 Å². The lowest BCUT2D eigenvalue weighted by molar-refractivity contribution is 0.0693. The van der Waals surface area contributed by atoms with Crippen molar-refractivity contribution in [3.05, 3.63) is 23.8 Å². The van der Waals surface area contributed by atoms with E-state index in [2.05, 4.69) is 19.2 Å². The molecule has 0 aliphatic carbocycles. The van der Waals surface area contributed by atoms with E-state index in [4.69, 9.17) is 5.11 Å². The Bertz CT molecular complexity index is 557. The zero-order valence-electron chi connectivity index (χ0n) is 12.2. The Kier molecular flexibility index (Phi) is 4.35. The minimum atomic E-state index is -1.23. The summed E-state index contributed by atoms with van der Waals surface area (Å²) in [5.74, 6) is -1.29. The maximum atomic E-state index is 12.3. The molecule has 1 atom stereocenters.